The van der Waals surface area contributed by atoms with Gasteiger partial charge in [0.2, 0.25) is 5.91 Å². The molecule has 1 aliphatic heterocycles. The smallest absolute Gasteiger partial charge is 0.323 e. The van der Waals surface area contributed by atoms with Gasteiger partial charge in [-0.1, -0.05) is 6.07 Å². The highest BCUT2D eigenvalue weighted by molar-refractivity contribution is 6.01. The van der Waals surface area contributed by atoms with Gasteiger partial charge in [0, 0.05) is 24.7 Å². The Morgan fingerprint density at radius 1 is 1.44 bits per heavy atom. The Morgan fingerprint density at radius 3 is 2.78 bits per heavy atom. The topological polar surface area (TPSA) is 86.7 Å². The van der Waals surface area contributed by atoms with Crippen molar-refractivity contribution in [3.63, 3.8) is 0 Å². The Labute approximate surface area is 103 Å². The summed E-state index contributed by atoms with van der Waals surface area (Å²) in [4.78, 5) is 34.7. The number of amides is 2. The van der Waals surface area contributed by atoms with Crippen LogP contribution in [0.2, 0.25) is 0 Å². The van der Waals surface area contributed by atoms with E-state index in [1.54, 1.807) is 18.2 Å². The van der Waals surface area contributed by atoms with E-state index in [1.807, 2.05) is 0 Å². The fraction of sp³-hybridized carbons (Fsp3) is 0.250. The van der Waals surface area contributed by atoms with Gasteiger partial charge in [-0.2, -0.15) is 0 Å². The van der Waals surface area contributed by atoms with Crippen molar-refractivity contribution in [1.82, 2.24) is 4.90 Å². The maximum Gasteiger partial charge on any atom is 0.323 e. The van der Waals surface area contributed by atoms with Crippen molar-refractivity contribution in [2.24, 2.45) is 0 Å². The summed E-state index contributed by atoms with van der Waals surface area (Å²) >= 11 is 0. The van der Waals surface area contributed by atoms with Crippen LogP contribution in [0.25, 0.3) is 0 Å². The molecule has 0 fully saturated rings. The molecule has 2 amide bonds. The van der Waals surface area contributed by atoms with E-state index in [2.05, 4.69) is 5.32 Å². The zero-order chi connectivity index (χ0) is 13.3. The third kappa shape index (κ3) is 2.32. The van der Waals surface area contributed by atoms with Gasteiger partial charge in [-0.05, 0) is 17.7 Å². The van der Waals surface area contributed by atoms with Crippen LogP contribution in [-0.2, 0) is 16.1 Å². The van der Waals surface area contributed by atoms with Crippen LogP contribution in [0.4, 0.5) is 5.69 Å². The van der Waals surface area contributed by atoms with Crippen LogP contribution in [0.5, 0.6) is 0 Å². The second kappa shape index (κ2) is 4.48. The van der Waals surface area contributed by atoms with Crippen molar-refractivity contribution in [2.45, 2.75) is 13.5 Å². The van der Waals surface area contributed by atoms with E-state index in [0.29, 0.717) is 17.8 Å². The molecule has 6 heteroatoms. The Bertz CT molecular complexity index is 539. The van der Waals surface area contributed by atoms with E-state index in [0.717, 1.165) is 5.56 Å². The number of carbonyl (C=O) groups is 3. The minimum absolute atomic E-state index is 0.220. The zero-order valence-corrected chi connectivity index (χ0v) is 9.77. The van der Waals surface area contributed by atoms with Gasteiger partial charge < -0.3 is 15.3 Å². The van der Waals surface area contributed by atoms with Crippen molar-refractivity contribution in [2.75, 3.05) is 11.9 Å². The maximum atomic E-state index is 11.9. The van der Waals surface area contributed by atoms with Crippen molar-refractivity contribution in [3.05, 3.63) is 29.3 Å². The van der Waals surface area contributed by atoms with Crippen molar-refractivity contribution in [1.29, 1.82) is 0 Å². The molecule has 2 rings (SSSR count). The van der Waals surface area contributed by atoms with Gasteiger partial charge in [0.05, 0.1) is 0 Å². The molecule has 2 N–H and O–H groups in total. The summed E-state index contributed by atoms with van der Waals surface area (Å²) in [5.41, 5.74) is 1.75. The molecular formula is C12H12N2O4. The number of carbonyl (C=O) groups excluding carboxylic acids is 2. The first-order valence-electron chi connectivity index (χ1n) is 5.39. The number of hydrogen-bond acceptors (Lipinski definition) is 3. The highest BCUT2D eigenvalue weighted by atomic mass is 16.4. The predicted molar refractivity (Wildman–Crippen MR) is 63.1 cm³/mol. The largest absolute Gasteiger partial charge is 0.480 e. The molecule has 0 saturated carbocycles. The number of aliphatic carboxylic acids is 1. The quantitative estimate of drug-likeness (QED) is 0.823. The minimum atomic E-state index is -1.04. The normalized spacial score (nSPS) is 13.4. The van der Waals surface area contributed by atoms with Gasteiger partial charge in [0.1, 0.15) is 6.54 Å². The summed E-state index contributed by atoms with van der Waals surface area (Å²) in [7, 11) is 0. The first-order valence-corrected chi connectivity index (χ1v) is 5.39. The first-order chi connectivity index (χ1) is 8.47. The molecule has 0 spiro atoms. The van der Waals surface area contributed by atoms with Gasteiger partial charge in [-0.25, -0.2) is 0 Å². The maximum absolute atomic E-state index is 11.9. The second-order valence-corrected chi connectivity index (χ2v) is 4.11. The van der Waals surface area contributed by atoms with Crippen LogP contribution in [0.15, 0.2) is 18.2 Å². The molecule has 0 atom stereocenters. The van der Waals surface area contributed by atoms with E-state index < -0.39 is 5.97 Å². The number of carboxylic acids is 1. The van der Waals surface area contributed by atoms with E-state index >= 15 is 0 Å². The Balaban J connectivity index is 2.24. The molecular weight excluding hydrogens is 236 g/mol. The summed E-state index contributed by atoms with van der Waals surface area (Å²) in [5.74, 6) is -1.58. The lowest BCUT2D eigenvalue weighted by Gasteiger charge is -2.11. The molecule has 1 aromatic carbocycles. The van der Waals surface area contributed by atoms with Gasteiger partial charge in [0.25, 0.3) is 5.91 Å². The van der Waals surface area contributed by atoms with Gasteiger partial charge in [0.15, 0.2) is 0 Å². The molecule has 1 aromatic rings. The number of nitrogens with one attached hydrogen (secondary N) is 1. The van der Waals surface area contributed by atoms with Crippen LogP contribution in [-0.4, -0.2) is 34.3 Å². The van der Waals surface area contributed by atoms with E-state index in [1.165, 1.54) is 11.8 Å². The molecule has 0 aromatic heterocycles. The highest BCUT2D eigenvalue weighted by Gasteiger charge is 2.28. The Kier molecular flexibility index (Phi) is 3.01. The van der Waals surface area contributed by atoms with E-state index in [9.17, 15) is 14.4 Å². The molecule has 94 valence electrons. The summed E-state index contributed by atoms with van der Waals surface area (Å²) in [6, 6.07) is 4.99. The van der Waals surface area contributed by atoms with E-state index in [4.69, 9.17) is 5.11 Å². The predicted octanol–water partition coefficient (Wildman–Crippen LogP) is 0.685. The number of anilines is 1. The SMILES string of the molecule is CC(=O)Nc1ccc2c(c1)C(=O)N(CC(=O)O)C2. The lowest BCUT2D eigenvalue weighted by Crippen LogP contribution is -2.29. The number of rotatable bonds is 3. The summed E-state index contributed by atoms with van der Waals surface area (Å²) in [5, 5.41) is 11.3. The molecule has 0 aliphatic carbocycles. The third-order valence-electron chi connectivity index (χ3n) is 2.64. The zero-order valence-electron chi connectivity index (χ0n) is 9.77. The monoisotopic (exact) mass is 248 g/mol. The number of carboxylic acid groups (broad SMARTS) is 1. The fourth-order valence-electron chi connectivity index (χ4n) is 1.93. The molecule has 1 aliphatic rings. The molecule has 0 bridgehead atoms. The van der Waals surface area contributed by atoms with Crippen molar-refractivity contribution >= 4 is 23.5 Å². The summed E-state index contributed by atoms with van der Waals surface area (Å²) in [6.07, 6.45) is 0. The number of fused-ring (bicyclic) bond motifs is 1. The third-order valence-corrected chi connectivity index (χ3v) is 2.64. The second-order valence-electron chi connectivity index (χ2n) is 4.11. The average Bonchev–Trinajstić information content (AvgIpc) is 2.55. The first kappa shape index (κ1) is 12.1. The van der Waals surface area contributed by atoms with Gasteiger partial charge in [-0.3, -0.25) is 14.4 Å². The number of benzene rings is 1. The minimum Gasteiger partial charge on any atom is -0.480 e. The Morgan fingerprint density at radius 2 is 2.17 bits per heavy atom. The van der Waals surface area contributed by atoms with Crippen LogP contribution in [0, 0.1) is 0 Å². The molecule has 18 heavy (non-hydrogen) atoms. The van der Waals surface area contributed by atoms with Gasteiger partial charge in [-0.15, -0.1) is 0 Å². The lowest BCUT2D eigenvalue weighted by atomic mass is 10.1. The van der Waals surface area contributed by atoms with E-state index in [-0.39, 0.29) is 18.4 Å². The molecule has 6 nitrogen and oxygen atoms in total. The summed E-state index contributed by atoms with van der Waals surface area (Å²) in [6.45, 7) is 1.36. The number of nitrogens with zero attached hydrogens (tertiary/aromatic N) is 1. The average molecular weight is 248 g/mol. The molecule has 0 saturated heterocycles. The lowest BCUT2D eigenvalue weighted by molar-refractivity contribution is -0.137. The summed E-state index contributed by atoms with van der Waals surface area (Å²) < 4.78 is 0. The molecule has 0 radical (unpaired) electrons. The Hall–Kier alpha value is -2.37. The van der Waals surface area contributed by atoms with Crippen LogP contribution >= 0.6 is 0 Å². The number of hydrogen-bond donors (Lipinski definition) is 2. The molecule has 0 unspecified atom stereocenters. The molecule has 1 heterocycles. The van der Waals surface area contributed by atoms with Crippen molar-refractivity contribution < 1.29 is 19.5 Å². The van der Waals surface area contributed by atoms with Crippen molar-refractivity contribution in [3.8, 4) is 0 Å². The van der Waals surface area contributed by atoms with Crippen LogP contribution in [0.1, 0.15) is 22.8 Å². The highest BCUT2D eigenvalue weighted by Crippen LogP contribution is 2.25. The fourth-order valence-corrected chi connectivity index (χ4v) is 1.93. The van der Waals surface area contributed by atoms with Crippen LogP contribution < -0.4 is 5.32 Å². The van der Waals surface area contributed by atoms with Crippen LogP contribution in [0.3, 0.4) is 0 Å². The standard InChI is InChI=1S/C12H12N2O4/c1-7(15)13-9-3-2-8-5-14(6-11(16)17)12(18)10(8)4-9/h2-4H,5-6H2,1H3,(H,13,15)(H,16,17). The van der Waals surface area contributed by atoms with Gasteiger partial charge >= 0.3 is 5.97 Å².